The molecule has 0 spiro atoms. The second kappa shape index (κ2) is 6.37. The van der Waals surface area contributed by atoms with Gasteiger partial charge in [-0.1, -0.05) is 28.1 Å². The van der Waals surface area contributed by atoms with E-state index in [2.05, 4.69) is 15.9 Å². The molecule has 0 heterocycles. The van der Waals surface area contributed by atoms with E-state index in [1.807, 2.05) is 0 Å². The first-order valence-electron chi connectivity index (χ1n) is 6.08. The molecule has 0 aliphatic rings. The molecule has 0 amide bonds. The summed E-state index contributed by atoms with van der Waals surface area (Å²) in [7, 11) is 0. The second-order valence-electron chi connectivity index (χ2n) is 5.43. The molecule has 1 unspecified atom stereocenters. The molecule has 3 N–H and O–H groups in total. The highest BCUT2D eigenvalue weighted by molar-refractivity contribution is 9.10. The fourth-order valence-corrected chi connectivity index (χ4v) is 2.09. The number of carboxylic acid groups (broad SMARTS) is 1. The van der Waals surface area contributed by atoms with Crippen LogP contribution in [0.15, 0.2) is 28.7 Å². The van der Waals surface area contributed by atoms with E-state index >= 15 is 0 Å². The molecule has 1 aromatic carbocycles. The third-order valence-corrected chi connectivity index (χ3v) is 3.01. The number of carboxylic acids is 1. The third-order valence-electron chi connectivity index (χ3n) is 2.52. The lowest BCUT2D eigenvalue weighted by Gasteiger charge is -2.25. The van der Waals surface area contributed by atoms with Crippen molar-refractivity contribution in [1.29, 1.82) is 0 Å². The van der Waals surface area contributed by atoms with Gasteiger partial charge in [-0.2, -0.15) is 0 Å². The van der Waals surface area contributed by atoms with Crippen molar-refractivity contribution in [1.82, 2.24) is 0 Å². The van der Waals surface area contributed by atoms with E-state index < -0.39 is 29.5 Å². The molecule has 1 rings (SSSR count). The average molecular weight is 344 g/mol. The van der Waals surface area contributed by atoms with Crippen LogP contribution in [0.4, 0.5) is 0 Å². The van der Waals surface area contributed by atoms with Gasteiger partial charge in [-0.25, -0.2) is 0 Å². The molecule has 0 saturated carbocycles. The molecule has 5 nitrogen and oxygen atoms in total. The fraction of sp³-hybridized carbons (Fsp3) is 0.429. The lowest BCUT2D eigenvalue weighted by atomic mass is 9.93. The Labute approximate surface area is 126 Å². The van der Waals surface area contributed by atoms with Crippen LogP contribution in [0.2, 0.25) is 0 Å². The highest BCUT2D eigenvalue weighted by atomic mass is 79.9. The molecule has 0 aliphatic heterocycles. The first-order valence-corrected chi connectivity index (χ1v) is 6.88. The summed E-state index contributed by atoms with van der Waals surface area (Å²) in [6, 6.07) is 5.91. The van der Waals surface area contributed by atoms with Gasteiger partial charge in [-0.3, -0.25) is 9.59 Å². The van der Waals surface area contributed by atoms with Crippen LogP contribution >= 0.6 is 15.9 Å². The van der Waals surface area contributed by atoms with Crippen molar-refractivity contribution in [3.63, 3.8) is 0 Å². The lowest BCUT2D eigenvalue weighted by molar-refractivity contribution is -0.167. The van der Waals surface area contributed by atoms with Gasteiger partial charge in [0, 0.05) is 4.47 Å². The number of hydrogen-bond acceptors (Lipinski definition) is 4. The van der Waals surface area contributed by atoms with Crippen LogP contribution in [0.3, 0.4) is 0 Å². The van der Waals surface area contributed by atoms with E-state index in [0.717, 1.165) is 4.47 Å². The number of benzene rings is 1. The van der Waals surface area contributed by atoms with Gasteiger partial charge in [-0.15, -0.1) is 0 Å². The Morgan fingerprint density at radius 3 is 2.40 bits per heavy atom. The normalized spacial score (nSPS) is 14.4. The maximum atomic E-state index is 12.0. The summed E-state index contributed by atoms with van der Waals surface area (Å²) < 4.78 is 5.89. The summed E-state index contributed by atoms with van der Waals surface area (Å²) in [6.45, 7) is 5.03. The Bertz CT molecular complexity index is 510. The number of nitrogens with two attached hydrogens (primary N) is 1. The zero-order valence-corrected chi connectivity index (χ0v) is 13.2. The number of halogens is 1. The van der Waals surface area contributed by atoms with E-state index in [-0.39, 0.29) is 0 Å². The molecular formula is C14H18BrNO4. The van der Waals surface area contributed by atoms with E-state index in [1.165, 1.54) is 0 Å². The van der Waals surface area contributed by atoms with Gasteiger partial charge in [0.1, 0.15) is 5.60 Å². The third kappa shape index (κ3) is 4.61. The van der Waals surface area contributed by atoms with Gasteiger partial charge in [-0.05, 0) is 38.5 Å². The minimum atomic E-state index is -1.44. The van der Waals surface area contributed by atoms with Crippen LogP contribution in [-0.4, -0.2) is 22.6 Å². The summed E-state index contributed by atoms with van der Waals surface area (Å²) in [4.78, 5) is 23.3. The van der Waals surface area contributed by atoms with Crippen LogP contribution < -0.4 is 5.73 Å². The molecule has 6 heteroatoms. The summed E-state index contributed by atoms with van der Waals surface area (Å²) in [5.41, 5.74) is 5.72. The molecule has 0 saturated heterocycles. The largest absolute Gasteiger partial charge is 0.481 e. The van der Waals surface area contributed by atoms with Gasteiger partial charge < -0.3 is 15.6 Å². The number of carbonyl (C=O) groups is 2. The SMILES string of the molecule is CC(C)(C)OC(=O)[C@H](C(=O)O)C(N)c1cccc(Br)c1. The molecule has 20 heavy (non-hydrogen) atoms. The van der Waals surface area contributed by atoms with Crippen molar-refractivity contribution < 1.29 is 19.4 Å². The standard InChI is InChI=1S/C14H18BrNO4/c1-14(2,3)20-13(19)10(12(17)18)11(16)8-5-4-6-9(15)7-8/h4-7,10-11H,16H2,1-3H3,(H,17,18)/t10-,11?/m0/s1. The van der Waals surface area contributed by atoms with Gasteiger partial charge in [0.15, 0.2) is 5.92 Å². The Kier molecular flexibility index (Phi) is 5.30. The van der Waals surface area contributed by atoms with Crippen molar-refractivity contribution in [3.8, 4) is 0 Å². The second-order valence-corrected chi connectivity index (χ2v) is 6.35. The first-order chi connectivity index (χ1) is 9.11. The summed E-state index contributed by atoms with van der Waals surface area (Å²) in [5, 5.41) is 9.25. The maximum absolute atomic E-state index is 12.0. The Morgan fingerprint density at radius 2 is 1.95 bits per heavy atom. The smallest absolute Gasteiger partial charge is 0.322 e. The minimum Gasteiger partial charge on any atom is -0.481 e. The number of rotatable bonds is 4. The average Bonchev–Trinajstić information content (AvgIpc) is 2.25. The molecule has 0 fully saturated rings. The van der Waals surface area contributed by atoms with Crippen LogP contribution in [0.25, 0.3) is 0 Å². The molecule has 0 radical (unpaired) electrons. The number of aliphatic carboxylic acids is 1. The van der Waals surface area contributed by atoms with Gasteiger partial charge in [0.25, 0.3) is 0 Å². The molecule has 0 aliphatic carbocycles. The van der Waals surface area contributed by atoms with E-state index in [1.54, 1.807) is 45.0 Å². The number of ether oxygens (including phenoxy) is 1. The van der Waals surface area contributed by atoms with Crippen LogP contribution in [0, 0.1) is 5.92 Å². The van der Waals surface area contributed by atoms with E-state index in [0.29, 0.717) is 5.56 Å². The van der Waals surface area contributed by atoms with E-state index in [4.69, 9.17) is 10.5 Å². The summed E-state index contributed by atoms with van der Waals surface area (Å²) in [6.07, 6.45) is 0. The molecular weight excluding hydrogens is 326 g/mol. The highest BCUT2D eigenvalue weighted by Gasteiger charge is 2.37. The van der Waals surface area contributed by atoms with Crippen LogP contribution in [-0.2, 0) is 14.3 Å². The number of carbonyl (C=O) groups excluding carboxylic acids is 1. The molecule has 110 valence electrons. The molecule has 0 aromatic heterocycles. The quantitative estimate of drug-likeness (QED) is 0.647. The fourth-order valence-electron chi connectivity index (χ4n) is 1.67. The summed E-state index contributed by atoms with van der Waals surface area (Å²) >= 11 is 3.28. The van der Waals surface area contributed by atoms with Crippen molar-refractivity contribution >= 4 is 27.9 Å². The predicted octanol–water partition coefficient (Wildman–Crippen LogP) is 2.49. The number of hydrogen-bond donors (Lipinski definition) is 2. The Morgan fingerprint density at radius 1 is 1.35 bits per heavy atom. The Hall–Kier alpha value is -1.40. The summed E-state index contributed by atoms with van der Waals surface area (Å²) in [5.74, 6) is -3.58. The number of esters is 1. The zero-order valence-electron chi connectivity index (χ0n) is 11.6. The van der Waals surface area contributed by atoms with Crippen molar-refractivity contribution in [2.24, 2.45) is 11.7 Å². The maximum Gasteiger partial charge on any atom is 0.322 e. The highest BCUT2D eigenvalue weighted by Crippen LogP contribution is 2.25. The first kappa shape index (κ1) is 16.7. The van der Waals surface area contributed by atoms with Crippen LogP contribution in [0.5, 0.6) is 0 Å². The monoisotopic (exact) mass is 343 g/mol. The van der Waals surface area contributed by atoms with Gasteiger partial charge >= 0.3 is 11.9 Å². The van der Waals surface area contributed by atoms with Crippen molar-refractivity contribution in [2.45, 2.75) is 32.4 Å². The Balaban J connectivity index is 3.02. The minimum absolute atomic E-state index is 0.553. The lowest BCUT2D eigenvalue weighted by Crippen LogP contribution is -2.39. The van der Waals surface area contributed by atoms with Crippen LogP contribution in [0.1, 0.15) is 32.4 Å². The van der Waals surface area contributed by atoms with Gasteiger partial charge in [0.2, 0.25) is 0 Å². The van der Waals surface area contributed by atoms with E-state index in [9.17, 15) is 14.7 Å². The van der Waals surface area contributed by atoms with Gasteiger partial charge in [0.05, 0.1) is 6.04 Å². The van der Waals surface area contributed by atoms with Crippen molar-refractivity contribution in [2.75, 3.05) is 0 Å². The van der Waals surface area contributed by atoms with Crippen molar-refractivity contribution in [3.05, 3.63) is 34.3 Å². The molecule has 0 bridgehead atoms. The molecule has 1 aromatic rings. The zero-order chi connectivity index (χ0) is 15.5. The topological polar surface area (TPSA) is 89.6 Å². The predicted molar refractivity (Wildman–Crippen MR) is 78.0 cm³/mol. The molecule has 2 atom stereocenters.